The number of rotatable bonds is 0. The predicted octanol–water partition coefficient (Wildman–Crippen LogP) is 2.80. The zero-order valence-corrected chi connectivity index (χ0v) is 7.72. The minimum Gasteiger partial charge on any atom is -0.360 e. The Balaban J connectivity index is 2.80. The molecule has 2 aromatic rings. The van der Waals surface area contributed by atoms with E-state index in [1.165, 1.54) is 0 Å². The lowest BCUT2D eigenvalue weighted by Gasteiger charge is -1.90. The van der Waals surface area contributed by atoms with E-state index in [1.54, 1.807) is 6.07 Å². The molecule has 3 heteroatoms. The van der Waals surface area contributed by atoms with Crippen molar-refractivity contribution in [3.8, 4) is 6.07 Å². The van der Waals surface area contributed by atoms with Crippen LogP contribution in [0.4, 0.5) is 0 Å². The van der Waals surface area contributed by atoms with Gasteiger partial charge in [0.1, 0.15) is 0 Å². The SMILES string of the molecule is N#Cc1ccc2c(Br)c[nH]c2c1. The lowest BCUT2D eigenvalue weighted by Crippen LogP contribution is -1.73. The third-order valence-corrected chi connectivity index (χ3v) is 2.42. The Bertz CT molecular complexity index is 465. The highest BCUT2D eigenvalue weighted by atomic mass is 79.9. The van der Waals surface area contributed by atoms with Gasteiger partial charge in [-0.2, -0.15) is 5.26 Å². The van der Waals surface area contributed by atoms with Crippen LogP contribution in [0.1, 0.15) is 5.56 Å². The maximum atomic E-state index is 8.63. The van der Waals surface area contributed by atoms with Gasteiger partial charge in [-0.25, -0.2) is 0 Å². The fourth-order valence-corrected chi connectivity index (χ4v) is 1.62. The summed E-state index contributed by atoms with van der Waals surface area (Å²) in [7, 11) is 0. The van der Waals surface area contributed by atoms with Gasteiger partial charge in [0.25, 0.3) is 0 Å². The van der Waals surface area contributed by atoms with Crippen molar-refractivity contribution in [2.24, 2.45) is 0 Å². The number of hydrogen-bond donors (Lipinski definition) is 1. The molecule has 0 aliphatic rings. The molecule has 0 atom stereocenters. The van der Waals surface area contributed by atoms with Gasteiger partial charge in [0.15, 0.2) is 0 Å². The molecule has 58 valence electrons. The number of nitrogens with zero attached hydrogens (tertiary/aromatic N) is 1. The summed E-state index contributed by atoms with van der Waals surface area (Å²) in [6, 6.07) is 7.66. The molecule has 2 rings (SSSR count). The van der Waals surface area contributed by atoms with E-state index in [9.17, 15) is 0 Å². The number of aromatic nitrogens is 1. The van der Waals surface area contributed by atoms with Gasteiger partial charge >= 0.3 is 0 Å². The average molecular weight is 221 g/mol. The van der Waals surface area contributed by atoms with Crippen molar-refractivity contribution in [2.45, 2.75) is 0 Å². The zero-order valence-electron chi connectivity index (χ0n) is 6.13. The van der Waals surface area contributed by atoms with Crippen LogP contribution in [0.3, 0.4) is 0 Å². The first kappa shape index (κ1) is 7.38. The van der Waals surface area contributed by atoms with Crippen molar-refractivity contribution in [2.75, 3.05) is 0 Å². The number of hydrogen-bond acceptors (Lipinski definition) is 1. The van der Waals surface area contributed by atoms with E-state index in [0.29, 0.717) is 5.56 Å². The van der Waals surface area contributed by atoms with Crippen molar-refractivity contribution in [3.05, 3.63) is 34.4 Å². The van der Waals surface area contributed by atoms with Gasteiger partial charge < -0.3 is 4.98 Å². The summed E-state index contributed by atoms with van der Waals surface area (Å²) in [5.41, 5.74) is 1.66. The first-order valence-electron chi connectivity index (χ1n) is 3.48. The van der Waals surface area contributed by atoms with Crippen LogP contribution < -0.4 is 0 Å². The molecule has 0 bridgehead atoms. The Morgan fingerprint density at radius 3 is 3.00 bits per heavy atom. The van der Waals surface area contributed by atoms with Crippen LogP contribution in [0, 0.1) is 11.3 Å². The summed E-state index contributed by atoms with van der Waals surface area (Å²) < 4.78 is 1.03. The van der Waals surface area contributed by atoms with E-state index >= 15 is 0 Å². The molecule has 0 fully saturated rings. The summed E-state index contributed by atoms with van der Waals surface area (Å²) in [5, 5.41) is 9.73. The summed E-state index contributed by atoms with van der Waals surface area (Å²) >= 11 is 3.40. The molecule has 12 heavy (non-hydrogen) atoms. The second-order valence-electron chi connectivity index (χ2n) is 2.51. The topological polar surface area (TPSA) is 39.6 Å². The van der Waals surface area contributed by atoms with Gasteiger partial charge in [-0.1, -0.05) is 6.07 Å². The van der Waals surface area contributed by atoms with E-state index in [0.717, 1.165) is 15.4 Å². The van der Waals surface area contributed by atoms with E-state index in [2.05, 4.69) is 27.0 Å². The Kier molecular flexibility index (Phi) is 1.63. The van der Waals surface area contributed by atoms with Crippen molar-refractivity contribution in [1.82, 2.24) is 4.98 Å². The van der Waals surface area contributed by atoms with E-state index < -0.39 is 0 Å². The van der Waals surface area contributed by atoms with Crippen LogP contribution in [-0.2, 0) is 0 Å². The minimum atomic E-state index is 0.678. The number of halogens is 1. The lowest BCUT2D eigenvalue weighted by molar-refractivity contribution is 1.45. The van der Waals surface area contributed by atoms with Gasteiger partial charge in [0.05, 0.1) is 11.6 Å². The molecule has 0 spiro atoms. The summed E-state index contributed by atoms with van der Waals surface area (Å²) in [6.45, 7) is 0. The molecule has 1 aromatic carbocycles. The van der Waals surface area contributed by atoms with Crippen molar-refractivity contribution in [3.63, 3.8) is 0 Å². The Labute approximate surface area is 77.9 Å². The average Bonchev–Trinajstić information content (AvgIpc) is 2.47. The Morgan fingerprint density at radius 1 is 1.42 bits per heavy atom. The van der Waals surface area contributed by atoms with Gasteiger partial charge in [-0.15, -0.1) is 0 Å². The first-order chi connectivity index (χ1) is 5.81. The quantitative estimate of drug-likeness (QED) is 0.729. The summed E-state index contributed by atoms with van der Waals surface area (Å²) in [6.07, 6.45) is 1.87. The number of fused-ring (bicyclic) bond motifs is 1. The number of benzene rings is 1. The normalized spacial score (nSPS) is 10.0. The molecular formula is C9H5BrN2. The predicted molar refractivity (Wildman–Crippen MR) is 50.7 cm³/mol. The molecule has 0 aliphatic heterocycles. The molecular weight excluding hydrogens is 216 g/mol. The fraction of sp³-hybridized carbons (Fsp3) is 0. The molecule has 0 saturated carbocycles. The zero-order chi connectivity index (χ0) is 8.55. The number of H-pyrrole nitrogens is 1. The summed E-state index contributed by atoms with van der Waals surface area (Å²) in [5.74, 6) is 0. The Hall–Kier alpha value is -1.27. The largest absolute Gasteiger partial charge is 0.360 e. The van der Waals surface area contributed by atoms with E-state index in [1.807, 2.05) is 18.3 Å². The molecule has 0 unspecified atom stereocenters. The van der Waals surface area contributed by atoms with Gasteiger partial charge in [0.2, 0.25) is 0 Å². The van der Waals surface area contributed by atoms with Gasteiger partial charge in [-0.3, -0.25) is 0 Å². The van der Waals surface area contributed by atoms with Crippen molar-refractivity contribution in [1.29, 1.82) is 5.26 Å². The second-order valence-corrected chi connectivity index (χ2v) is 3.36. The van der Waals surface area contributed by atoms with Crippen LogP contribution in [0.25, 0.3) is 10.9 Å². The van der Waals surface area contributed by atoms with Crippen molar-refractivity contribution >= 4 is 26.8 Å². The lowest BCUT2D eigenvalue weighted by atomic mass is 10.2. The smallest absolute Gasteiger partial charge is 0.0992 e. The minimum absolute atomic E-state index is 0.678. The molecule has 1 heterocycles. The number of nitriles is 1. The van der Waals surface area contributed by atoms with Crippen LogP contribution in [0.5, 0.6) is 0 Å². The fourth-order valence-electron chi connectivity index (χ4n) is 1.16. The Morgan fingerprint density at radius 2 is 2.25 bits per heavy atom. The number of aromatic amines is 1. The van der Waals surface area contributed by atoms with Crippen LogP contribution in [0.15, 0.2) is 28.9 Å². The van der Waals surface area contributed by atoms with E-state index in [-0.39, 0.29) is 0 Å². The maximum absolute atomic E-state index is 8.63. The molecule has 2 nitrogen and oxygen atoms in total. The third kappa shape index (κ3) is 1.01. The van der Waals surface area contributed by atoms with Crippen LogP contribution in [0.2, 0.25) is 0 Å². The summed E-state index contributed by atoms with van der Waals surface area (Å²) in [4.78, 5) is 3.06. The maximum Gasteiger partial charge on any atom is 0.0992 e. The monoisotopic (exact) mass is 220 g/mol. The third-order valence-electron chi connectivity index (χ3n) is 1.76. The van der Waals surface area contributed by atoms with Gasteiger partial charge in [-0.05, 0) is 28.1 Å². The highest BCUT2D eigenvalue weighted by molar-refractivity contribution is 9.10. The molecule has 0 amide bonds. The van der Waals surface area contributed by atoms with Crippen LogP contribution in [-0.4, -0.2) is 4.98 Å². The highest BCUT2D eigenvalue weighted by Gasteiger charge is 2.00. The van der Waals surface area contributed by atoms with Crippen molar-refractivity contribution < 1.29 is 0 Å². The molecule has 0 saturated heterocycles. The first-order valence-corrected chi connectivity index (χ1v) is 4.27. The molecule has 1 aromatic heterocycles. The second kappa shape index (κ2) is 2.65. The molecule has 1 N–H and O–H groups in total. The molecule has 0 radical (unpaired) electrons. The highest BCUT2D eigenvalue weighted by Crippen LogP contribution is 2.23. The number of nitrogens with one attached hydrogen (secondary N) is 1. The van der Waals surface area contributed by atoms with Crippen LogP contribution >= 0.6 is 15.9 Å². The standard InChI is InChI=1S/C9H5BrN2/c10-8-5-12-9-3-6(4-11)1-2-7(8)9/h1-3,5,12H. The van der Waals surface area contributed by atoms with Gasteiger partial charge in [0, 0.05) is 21.6 Å². The molecule has 0 aliphatic carbocycles. The van der Waals surface area contributed by atoms with E-state index in [4.69, 9.17) is 5.26 Å².